The molecular weight excluding hydrogens is 362 g/mol. The molecule has 3 aromatic rings. The van der Waals surface area contributed by atoms with Gasteiger partial charge in [-0.15, -0.1) is 0 Å². The Morgan fingerprint density at radius 2 is 1.86 bits per heavy atom. The zero-order valence-corrected chi connectivity index (χ0v) is 15.9. The number of ether oxygens (including phenoxy) is 2. The van der Waals surface area contributed by atoms with Crippen molar-refractivity contribution >= 4 is 16.9 Å². The second-order valence-electron chi connectivity index (χ2n) is 6.32. The van der Waals surface area contributed by atoms with Crippen molar-refractivity contribution in [2.75, 3.05) is 14.2 Å². The third-order valence-corrected chi connectivity index (χ3v) is 4.55. The Hall–Kier alpha value is -3.48. The molecule has 1 heterocycles. The van der Waals surface area contributed by atoms with Crippen LogP contribution >= 0.6 is 0 Å². The number of rotatable bonds is 6. The van der Waals surface area contributed by atoms with E-state index in [2.05, 4.69) is 5.32 Å². The normalized spacial score (nSPS) is 10.7. The molecule has 0 bridgehead atoms. The molecule has 2 aromatic carbocycles. The second kappa shape index (κ2) is 8.04. The fourth-order valence-electron chi connectivity index (χ4n) is 3.00. The number of phenolic OH excluding ortho intramolecular Hbond substituents is 1. The van der Waals surface area contributed by atoms with Gasteiger partial charge >= 0.3 is 5.63 Å². The third-order valence-electron chi connectivity index (χ3n) is 4.55. The first-order valence-electron chi connectivity index (χ1n) is 8.66. The molecule has 1 amide bonds. The standard InChI is InChI=1S/C21H21NO6/c1-12-15-6-5-14(23)9-18(15)28-21(25)16(12)10-20(24)22-11-13-4-7-17(26-2)19(8-13)27-3/h4-9,23H,10-11H2,1-3H3,(H,22,24). The highest BCUT2D eigenvalue weighted by Gasteiger charge is 2.15. The summed E-state index contributed by atoms with van der Waals surface area (Å²) in [5.74, 6) is 0.885. The molecule has 0 aliphatic heterocycles. The molecule has 1 aromatic heterocycles. The van der Waals surface area contributed by atoms with Crippen LogP contribution in [0.5, 0.6) is 17.2 Å². The number of benzene rings is 2. The van der Waals surface area contributed by atoms with Crippen LogP contribution < -0.4 is 20.4 Å². The van der Waals surface area contributed by atoms with E-state index in [0.29, 0.717) is 28.0 Å². The number of aryl methyl sites for hydroxylation is 1. The molecule has 7 heteroatoms. The summed E-state index contributed by atoms with van der Waals surface area (Å²) in [5.41, 5.74) is 1.49. The van der Waals surface area contributed by atoms with Crippen molar-refractivity contribution in [3.63, 3.8) is 0 Å². The van der Waals surface area contributed by atoms with E-state index in [0.717, 1.165) is 5.56 Å². The molecule has 0 spiro atoms. The summed E-state index contributed by atoms with van der Waals surface area (Å²) < 4.78 is 15.7. The number of hydrogen-bond acceptors (Lipinski definition) is 6. The van der Waals surface area contributed by atoms with E-state index >= 15 is 0 Å². The fourth-order valence-corrected chi connectivity index (χ4v) is 3.00. The summed E-state index contributed by atoms with van der Waals surface area (Å²) in [6.45, 7) is 2.04. The predicted octanol–water partition coefficient (Wildman–Crippen LogP) is 2.68. The molecular formula is C21H21NO6. The summed E-state index contributed by atoms with van der Waals surface area (Å²) in [6.07, 6.45) is -0.0989. The van der Waals surface area contributed by atoms with Gasteiger partial charge in [-0.3, -0.25) is 4.79 Å². The molecule has 0 aliphatic carbocycles. The topological polar surface area (TPSA) is 98.0 Å². The summed E-state index contributed by atoms with van der Waals surface area (Å²) in [6, 6.07) is 9.91. The number of hydrogen-bond donors (Lipinski definition) is 2. The summed E-state index contributed by atoms with van der Waals surface area (Å²) >= 11 is 0. The Kier molecular flexibility index (Phi) is 5.54. The van der Waals surface area contributed by atoms with E-state index in [1.165, 1.54) is 12.1 Å². The maximum atomic E-state index is 12.4. The van der Waals surface area contributed by atoms with E-state index < -0.39 is 5.63 Å². The largest absolute Gasteiger partial charge is 0.508 e. The smallest absolute Gasteiger partial charge is 0.340 e. The van der Waals surface area contributed by atoms with Gasteiger partial charge in [0.2, 0.25) is 5.91 Å². The SMILES string of the molecule is COc1ccc(CNC(=O)Cc2c(C)c3ccc(O)cc3oc2=O)cc1OC. The van der Waals surface area contributed by atoms with Crippen LogP contribution in [0.3, 0.4) is 0 Å². The van der Waals surface area contributed by atoms with Crippen LogP contribution in [0, 0.1) is 6.92 Å². The molecule has 0 radical (unpaired) electrons. The van der Waals surface area contributed by atoms with Crippen LogP contribution in [-0.2, 0) is 17.8 Å². The molecule has 0 fully saturated rings. The zero-order chi connectivity index (χ0) is 20.3. The molecule has 0 saturated heterocycles. The zero-order valence-electron chi connectivity index (χ0n) is 15.9. The van der Waals surface area contributed by atoms with Gasteiger partial charge in [-0.25, -0.2) is 4.79 Å². The van der Waals surface area contributed by atoms with Crippen LogP contribution in [-0.4, -0.2) is 25.2 Å². The van der Waals surface area contributed by atoms with Crippen molar-refractivity contribution in [2.45, 2.75) is 19.9 Å². The van der Waals surface area contributed by atoms with E-state index in [-0.39, 0.29) is 30.2 Å². The van der Waals surface area contributed by atoms with Crippen LogP contribution in [0.25, 0.3) is 11.0 Å². The molecule has 0 aliphatic rings. The number of carbonyl (C=O) groups excluding carboxylic acids is 1. The van der Waals surface area contributed by atoms with E-state index in [9.17, 15) is 14.7 Å². The van der Waals surface area contributed by atoms with Crippen molar-refractivity contribution in [3.8, 4) is 17.2 Å². The van der Waals surface area contributed by atoms with Crippen LogP contribution in [0.15, 0.2) is 45.6 Å². The highest BCUT2D eigenvalue weighted by Crippen LogP contribution is 2.27. The molecule has 3 rings (SSSR count). The number of nitrogens with one attached hydrogen (secondary N) is 1. The quantitative estimate of drug-likeness (QED) is 0.635. The van der Waals surface area contributed by atoms with Gasteiger partial charge in [0, 0.05) is 18.0 Å². The Morgan fingerprint density at radius 1 is 1.11 bits per heavy atom. The molecule has 0 atom stereocenters. The monoisotopic (exact) mass is 383 g/mol. The first-order valence-corrected chi connectivity index (χ1v) is 8.66. The van der Waals surface area contributed by atoms with Crippen molar-refractivity contribution in [1.29, 1.82) is 0 Å². The van der Waals surface area contributed by atoms with Gasteiger partial charge in [0.1, 0.15) is 11.3 Å². The molecule has 146 valence electrons. The maximum Gasteiger partial charge on any atom is 0.340 e. The van der Waals surface area contributed by atoms with Gasteiger partial charge in [-0.1, -0.05) is 6.07 Å². The number of fused-ring (bicyclic) bond motifs is 1. The lowest BCUT2D eigenvalue weighted by Crippen LogP contribution is -2.27. The number of aromatic hydroxyl groups is 1. The van der Waals surface area contributed by atoms with Crippen LogP contribution in [0.4, 0.5) is 0 Å². The summed E-state index contributed by atoms with van der Waals surface area (Å²) in [7, 11) is 3.10. The fraction of sp³-hybridized carbons (Fsp3) is 0.238. The van der Waals surface area contributed by atoms with Gasteiger partial charge in [-0.2, -0.15) is 0 Å². The number of methoxy groups -OCH3 is 2. The highest BCUT2D eigenvalue weighted by atomic mass is 16.5. The number of phenols is 1. The van der Waals surface area contributed by atoms with Crippen molar-refractivity contribution in [1.82, 2.24) is 5.32 Å². The third kappa shape index (κ3) is 3.93. The lowest BCUT2D eigenvalue weighted by atomic mass is 10.0. The molecule has 0 unspecified atom stereocenters. The number of carbonyl (C=O) groups is 1. The average Bonchev–Trinajstić information content (AvgIpc) is 2.69. The van der Waals surface area contributed by atoms with Gasteiger partial charge < -0.3 is 24.3 Å². The first kappa shape index (κ1) is 19.3. The highest BCUT2D eigenvalue weighted by molar-refractivity contribution is 5.85. The Balaban J connectivity index is 1.75. The minimum Gasteiger partial charge on any atom is -0.508 e. The molecule has 28 heavy (non-hydrogen) atoms. The van der Waals surface area contributed by atoms with Gasteiger partial charge in [-0.05, 0) is 42.3 Å². The Bertz CT molecular complexity index is 1090. The summed E-state index contributed by atoms with van der Waals surface area (Å²) in [4.78, 5) is 24.6. The van der Waals surface area contributed by atoms with Crippen LogP contribution in [0.1, 0.15) is 16.7 Å². The van der Waals surface area contributed by atoms with E-state index in [4.69, 9.17) is 13.9 Å². The van der Waals surface area contributed by atoms with Crippen molar-refractivity contribution in [3.05, 3.63) is 63.5 Å². The predicted molar refractivity (Wildman–Crippen MR) is 104 cm³/mol. The Morgan fingerprint density at radius 3 is 2.57 bits per heavy atom. The molecule has 2 N–H and O–H groups in total. The first-order chi connectivity index (χ1) is 13.4. The van der Waals surface area contributed by atoms with E-state index in [1.54, 1.807) is 39.3 Å². The van der Waals surface area contributed by atoms with Crippen molar-refractivity contribution in [2.24, 2.45) is 0 Å². The lowest BCUT2D eigenvalue weighted by molar-refractivity contribution is -0.120. The molecule has 0 saturated carbocycles. The minimum absolute atomic E-state index is 0.00969. The average molecular weight is 383 g/mol. The Labute approximate surface area is 161 Å². The van der Waals surface area contributed by atoms with Crippen LogP contribution in [0.2, 0.25) is 0 Å². The van der Waals surface area contributed by atoms with E-state index in [1.807, 2.05) is 6.07 Å². The van der Waals surface area contributed by atoms with Crippen molar-refractivity contribution < 1.29 is 23.8 Å². The van der Waals surface area contributed by atoms with Gasteiger partial charge in [0.05, 0.1) is 26.2 Å². The van der Waals surface area contributed by atoms with Gasteiger partial charge in [0.15, 0.2) is 11.5 Å². The number of amides is 1. The second-order valence-corrected chi connectivity index (χ2v) is 6.32. The maximum absolute atomic E-state index is 12.4. The minimum atomic E-state index is -0.586. The lowest BCUT2D eigenvalue weighted by Gasteiger charge is -2.11. The summed E-state index contributed by atoms with van der Waals surface area (Å²) in [5, 5.41) is 13.0. The molecule has 7 nitrogen and oxygen atoms in total. The van der Waals surface area contributed by atoms with Gasteiger partial charge in [0.25, 0.3) is 0 Å².